The SMILES string of the molecule is C=C/C(Cl)=C(\C)C(=O)NC1CCC/C(=C/C)C1=C. The lowest BCUT2D eigenvalue weighted by Crippen LogP contribution is -2.38. The second-order valence-electron chi connectivity index (χ2n) is 4.43. The van der Waals surface area contributed by atoms with Gasteiger partial charge in [-0.2, -0.15) is 0 Å². The Balaban J connectivity index is 2.76. The largest absolute Gasteiger partial charge is 0.345 e. The maximum Gasteiger partial charge on any atom is 0.248 e. The standard InChI is InChI=1S/C15H20ClNO/c1-5-12-8-7-9-14(10(12)3)17-15(18)11(4)13(16)6-2/h5-6,14H,2-3,7-9H2,1,4H3,(H,17,18)/b12-5-,13-11-. The Morgan fingerprint density at radius 1 is 1.56 bits per heavy atom. The van der Waals surface area contributed by atoms with Gasteiger partial charge in [-0.25, -0.2) is 0 Å². The van der Waals surface area contributed by atoms with Crippen molar-refractivity contribution in [2.75, 3.05) is 0 Å². The topological polar surface area (TPSA) is 29.1 Å². The molecule has 98 valence electrons. The number of hydrogen-bond acceptors (Lipinski definition) is 1. The summed E-state index contributed by atoms with van der Waals surface area (Å²) in [7, 11) is 0. The number of carbonyl (C=O) groups is 1. The molecule has 1 N–H and O–H groups in total. The number of rotatable bonds is 3. The van der Waals surface area contributed by atoms with E-state index in [1.165, 1.54) is 11.6 Å². The average molecular weight is 266 g/mol. The van der Waals surface area contributed by atoms with E-state index < -0.39 is 0 Å². The molecule has 2 nitrogen and oxygen atoms in total. The van der Waals surface area contributed by atoms with Crippen LogP contribution in [0, 0.1) is 0 Å². The molecule has 0 aromatic rings. The minimum Gasteiger partial charge on any atom is -0.345 e. The second kappa shape index (κ2) is 6.60. The van der Waals surface area contributed by atoms with Crippen molar-refractivity contribution in [1.82, 2.24) is 5.32 Å². The molecule has 0 aromatic heterocycles. The van der Waals surface area contributed by atoms with E-state index >= 15 is 0 Å². The Morgan fingerprint density at radius 2 is 2.22 bits per heavy atom. The lowest BCUT2D eigenvalue weighted by molar-refractivity contribution is -0.118. The third-order valence-electron chi connectivity index (χ3n) is 3.30. The molecule has 1 atom stereocenters. The quantitative estimate of drug-likeness (QED) is 0.609. The fourth-order valence-electron chi connectivity index (χ4n) is 2.07. The zero-order valence-electron chi connectivity index (χ0n) is 11.1. The highest BCUT2D eigenvalue weighted by Gasteiger charge is 2.23. The number of amides is 1. The number of nitrogens with one attached hydrogen (secondary N) is 1. The lowest BCUT2D eigenvalue weighted by Gasteiger charge is -2.28. The molecular formula is C15H20ClNO. The van der Waals surface area contributed by atoms with Crippen molar-refractivity contribution < 1.29 is 4.79 Å². The highest BCUT2D eigenvalue weighted by atomic mass is 35.5. The number of halogens is 1. The van der Waals surface area contributed by atoms with Gasteiger partial charge in [-0.05, 0) is 44.3 Å². The van der Waals surface area contributed by atoms with Crippen molar-refractivity contribution in [1.29, 1.82) is 0 Å². The number of carbonyl (C=O) groups excluding carboxylic acids is 1. The van der Waals surface area contributed by atoms with Gasteiger partial charge in [0.15, 0.2) is 0 Å². The van der Waals surface area contributed by atoms with Gasteiger partial charge in [-0.3, -0.25) is 4.79 Å². The minimum atomic E-state index is -0.150. The van der Waals surface area contributed by atoms with Crippen LogP contribution in [0.1, 0.15) is 33.1 Å². The van der Waals surface area contributed by atoms with E-state index in [1.54, 1.807) is 6.92 Å². The summed E-state index contributed by atoms with van der Waals surface area (Å²) in [4.78, 5) is 12.0. The van der Waals surface area contributed by atoms with E-state index in [4.69, 9.17) is 11.6 Å². The summed E-state index contributed by atoms with van der Waals surface area (Å²) < 4.78 is 0. The van der Waals surface area contributed by atoms with E-state index in [1.807, 2.05) is 6.92 Å². The van der Waals surface area contributed by atoms with Gasteiger partial charge in [0.2, 0.25) is 5.91 Å². The normalized spacial score (nSPS) is 23.6. The summed E-state index contributed by atoms with van der Waals surface area (Å²) >= 11 is 5.89. The molecule has 1 saturated carbocycles. The Bertz CT molecular complexity index is 432. The van der Waals surface area contributed by atoms with Crippen LogP contribution in [0.15, 0.2) is 47.1 Å². The third-order valence-corrected chi connectivity index (χ3v) is 3.74. The molecule has 0 bridgehead atoms. The molecule has 1 aliphatic rings. The van der Waals surface area contributed by atoms with Crippen molar-refractivity contribution in [3.05, 3.63) is 47.1 Å². The molecule has 1 fully saturated rings. The predicted molar refractivity (Wildman–Crippen MR) is 77.4 cm³/mol. The van der Waals surface area contributed by atoms with Gasteiger partial charge >= 0.3 is 0 Å². The van der Waals surface area contributed by atoms with E-state index in [2.05, 4.69) is 24.6 Å². The van der Waals surface area contributed by atoms with Crippen molar-refractivity contribution in [2.45, 2.75) is 39.2 Å². The summed E-state index contributed by atoms with van der Waals surface area (Å²) in [5, 5.41) is 3.37. The smallest absolute Gasteiger partial charge is 0.248 e. The maximum atomic E-state index is 12.0. The van der Waals surface area contributed by atoms with E-state index in [0.29, 0.717) is 10.6 Å². The highest BCUT2D eigenvalue weighted by molar-refractivity contribution is 6.33. The summed E-state index contributed by atoms with van der Waals surface area (Å²) in [6, 6.07) is 0.0154. The van der Waals surface area contributed by atoms with Crippen molar-refractivity contribution >= 4 is 17.5 Å². The van der Waals surface area contributed by atoms with Gasteiger partial charge in [-0.15, -0.1) is 0 Å². The van der Waals surface area contributed by atoms with Gasteiger partial charge in [-0.1, -0.05) is 36.9 Å². The second-order valence-corrected chi connectivity index (χ2v) is 4.84. The Morgan fingerprint density at radius 3 is 2.78 bits per heavy atom. The van der Waals surface area contributed by atoms with Crippen LogP contribution >= 0.6 is 11.6 Å². The molecule has 0 saturated heterocycles. The van der Waals surface area contributed by atoms with Crippen LogP contribution < -0.4 is 5.32 Å². The monoisotopic (exact) mass is 265 g/mol. The maximum absolute atomic E-state index is 12.0. The molecule has 3 heteroatoms. The van der Waals surface area contributed by atoms with Crippen molar-refractivity contribution in [3.63, 3.8) is 0 Å². The first-order valence-electron chi connectivity index (χ1n) is 6.15. The first-order chi connectivity index (χ1) is 8.51. The van der Waals surface area contributed by atoms with Crippen LogP contribution in [0.2, 0.25) is 0 Å². The zero-order chi connectivity index (χ0) is 13.7. The minimum absolute atomic E-state index is 0.0154. The van der Waals surface area contributed by atoms with Crippen LogP contribution in [-0.4, -0.2) is 11.9 Å². The van der Waals surface area contributed by atoms with Crippen LogP contribution in [0.3, 0.4) is 0 Å². The Labute approximate surface area is 114 Å². The summed E-state index contributed by atoms with van der Waals surface area (Å²) in [6.07, 6.45) is 6.59. The zero-order valence-corrected chi connectivity index (χ0v) is 11.8. The Hall–Kier alpha value is -1.28. The molecule has 0 aliphatic heterocycles. The van der Waals surface area contributed by atoms with Crippen LogP contribution in [0.25, 0.3) is 0 Å². The fraction of sp³-hybridized carbons (Fsp3) is 0.400. The molecular weight excluding hydrogens is 246 g/mol. The first kappa shape index (κ1) is 14.8. The van der Waals surface area contributed by atoms with Gasteiger partial charge < -0.3 is 5.32 Å². The molecule has 0 spiro atoms. The fourth-order valence-corrected chi connectivity index (χ4v) is 2.16. The summed E-state index contributed by atoms with van der Waals surface area (Å²) in [5.41, 5.74) is 2.75. The molecule has 18 heavy (non-hydrogen) atoms. The number of hydrogen-bond donors (Lipinski definition) is 1. The van der Waals surface area contributed by atoms with E-state index in [0.717, 1.165) is 24.8 Å². The highest BCUT2D eigenvalue weighted by Crippen LogP contribution is 2.28. The third kappa shape index (κ3) is 3.36. The van der Waals surface area contributed by atoms with Gasteiger partial charge in [0.1, 0.15) is 0 Å². The predicted octanol–water partition coefficient (Wildman–Crippen LogP) is 3.86. The van der Waals surface area contributed by atoms with Crippen LogP contribution in [-0.2, 0) is 4.79 Å². The summed E-state index contributed by atoms with van der Waals surface area (Å²) in [6.45, 7) is 11.3. The van der Waals surface area contributed by atoms with E-state index in [-0.39, 0.29) is 11.9 Å². The molecule has 1 rings (SSSR count). The first-order valence-corrected chi connectivity index (χ1v) is 6.53. The van der Waals surface area contributed by atoms with Crippen LogP contribution in [0.5, 0.6) is 0 Å². The molecule has 0 radical (unpaired) electrons. The van der Waals surface area contributed by atoms with Gasteiger partial charge in [0.05, 0.1) is 6.04 Å². The molecule has 1 amide bonds. The lowest BCUT2D eigenvalue weighted by atomic mass is 9.86. The van der Waals surface area contributed by atoms with Crippen LogP contribution in [0.4, 0.5) is 0 Å². The molecule has 1 unspecified atom stereocenters. The number of allylic oxidation sites excluding steroid dienone is 3. The van der Waals surface area contributed by atoms with Gasteiger partial charge in [0.25, 0.3) is 0 Å². The Kier molecular flexibility index (Phi) is 5.42. The van der Waals surface area contributed by atoms with Crippen molar-refractivity contribution in [2.24, 2.45) is 0 Å². The summed E-state index contributed by atoms with van der Waals surface area (Å²) in [5.74, 6) is -0.150. The average Bonchev–Trinajstić information content (AvgIpc) is 2.39. The molecule has 0 aromatic carbocycles. The van der Waals surface area contributed by atoms with E-state index in [9.17, 15) is 4.79 Å². The molecule has 0 heterocycles. The van der Waals surface area contributed by atoms with Gasteiger partial charge in [0, 0.05) is 10.6 Å². The molecule has 1 aliphatic carbocycles. The van der Waals surface area contributed by atoms with Crippen molar-refractivity contribution in [3.8, 4) is 0 Å².